The fourth-order valence-electron chi connectivity index (χ4n) is 4.06. The van der Waals surface area contributed by atoms with E-state index in [0.29, 0.717) is 17.5 Å². The fourth-order valence-corrected chi connectivity index (χ4v) is 4.06. The number of carbonyl (C=O) groups excluding carboxylic acids is 1. The molecule has 0 radical (unpaired) electrons. The molecule has 1 N–H and O–H groups in total. The molecule has 3 heterocycles. The molecule has 1 aromatic carbocycles. The van der Waals surface area contributed by atoms with E-state index in [9.17, 15) is 4.79 Å². The predicted octanol–water partition coefficient (Wildman–Crippen LogP) is 3.35. The molecule has 28 heavy (non-hydrogen) atoms. The number of nitrogens with one attached hydrogen (secondary N) is 1. The zero-order chi connectivity index (χ0) is 19.1. The average Bonchev–Trinajstić information content (AvgIpc) is 3.33. The number of hydrogen-bond acceptors (Lipinski definition) is 5. The first-order valence-corrected chi connectivity index (χ1v) is 9.99. The Balaban J connectivity index is 1.22. The van der Waals surface area contributed by atoms with Gasteiger partial charge in [0, 0.05) is 49.2 Å². The van der Waals surface area contributed by atoms with Crippen LogP contribution in [-0.4, -0.2) is 40.1 Å². The van der Waals surface area contributed by atoms with Gasteiger partial charge in [0.15, 0.2) is 5.69 Å². The molecule has 2 fully saturated rings. The zero-order valence-corrected chi connectivity index (χ0v) is 16.0. The predicted molar refractivity (Wildman–Crippen MR) is 106 cm³/mol. The molecule has 6 heteroatoms. The van der Waals surface area contributed by atoms with Crippen LogP contribution < -0.4 is 5.32 Å². The van der Waals surface area contributed by atoms with Gasteiger partial charge < -0.3 is 9.84 Å². The van der Waals surface area contributed by atoms with Crippen molar-refractivity contribution in [3.63, 3.8) is 0 Å². The van der Waals surface area contributed by atoms with Crippen LogP contribution in [0.25, 0.3) is 10.9 Å². The molecular formula is C22H24N4O2. The van der Waals surface area contributed by atoms with E-state index in [0.717, 1.165) is 49.1 Å². The van der Waals surface area contributed by atoms with Crippen molar-refractivity contribution >= 4 is 16.8 Å². The number of nitrogens with zero attached hydrogens (tertiary/aromatic N) is 3. The van der Waals surface area contributed by atoms with Gasteiger partial charge in [-0.1, -0.05) is 24.2 Å². The topological polar surface area (TPSA) is 71.3 Å². The van der Waals surface area contributed by atoms with Crippen LogP contribution in [0.2, 0.25) is 0 Å². The second-order valence-corrected chi connectivity index (χ2v) is 8.17. The summed E-state index contributed by atoms with van der Waals surface area (Å²) in [6.45, 7) is 4.86. The van der Waals surface area contributed by atoms with Crippen LogP contribution in [0, 0.1) is 5.92 Å². The van der Waals surface area contributed by atoms with Gasteiger partial charge >= 0.3 is 0 Å². The molecule has 5 rings (SSSR count). The van der Waals surface area contributed by atoms with E-state index in [1.807, 2.05) is 12.3 Å². The Morgan fingerprint density at radius 1 is 1.25 bits per heavy atom. The lowest BCUT2D eigenvalue weighted by molar-refractivity contribution is 0.0922. The molecule has 2 atom stereocenters. The van der Waals surface area contributed by atoms with Crippen molar-refractivity contribution < 1.29 is 9.32 Å². The van der Waals surface area contributed by atoms with Gasteiger partial charge in [-0.15, -0.1) is 0 Å². The Hall–Kier alpha value is -2.73. The summed E-state index contributed by atoms with van der Waals surface area (Å²) in [6, 6.07) is 12.4. The molecule has 1 saturated heterocycles. The molecule has 3 aromatic rings. The molecule has 6 nitrogen and oxygen atoms in total. The molecule has 0 bridgehead atoms. The summed E-state index contributed by atoms with van der Waals surface area (Å²) >= 11 is 0. The van der Waals surface area contributed by atoms with Crippen LogP contribution in [0.15, 0.2) is 47.1 Å². The second kappa shape index (κ2) is 7.02. The number of hydrogen-bond donors (Lipinski definition) is 1. The van der Waals surface area contributed by atoms with Crippen LogP contribution >= 0.6 is 0 Å². The number of rotatable bonds is 5. The Kier molecular flexibility index (Phi) is 4.36. The second-order valence-electron chi connectivity index (χ2n) is 8.17. The lowest BCUT2D eigenvalue weighted by Gasteiger charge is -2.17. The van der Waals surface area contributed by atoms with E-state index in [4.69, 9.17) is 4.52 Å². The van der Waals surface area contributed by atoms with Gasteiger partial charge in [-0.25, -0.2) is 0 Å². The maximum Gasteiger partial charge on any atom is 0.273 e. The summed E-state index contributed by atoms with van der Waals surface area (Å²) in [4.78, 5) is 19.3. The monoisotopic (exact) mass is 376 g/mol. The minimum atomic E-state index is -0.133. The first-order valence-electron chi connectivity index (χ1n) is 9.99. The molecule has 0 spiro atoms. The van der Waals surface area contributed by atoms with Crippen molar-refractivity contribution in [3.05, 3.63) is 59.6 Å². The van der Waals surface area contributed by atoms with Crippen molar-refractivity contribution in [2.75, 3.05) is 13.1 Å². The molecule has 0 unspecified atom stereocenters. The van der Waals surface area contributed by atoms with Crippen LogP contribution in [0.4, 0.5) is 0 Å². The smallest absolute Gasteiger partial charge is 0.273 e. The number of benzene rings is 1. The maximum absolute atomic E-state index is 12.6. The van der Waals surface area contributed by atoms with Crippen LogP contribution in [0.1, 0.15) is 47.5 Å². The number of pyridine rings is 1. The van der Waals surface area contributed by atoms with Crippen LogP contribution in [0.3, 0.4) is 0 Å². The summed E-state index contributed by atoms with van der Waals surface area (Å²) in [6.07, 6.45) is 4.09. The quantitative estimate of drug-likeness (QED) is 0.739. The van der Waals surface area contributed by atoms with E-state index in [1.54, 1.807) is 6.07 Å². The van der Waals surface area contributed by atoms with Crippen molar-refractivity contribution in [2.45, 2.75) is 38.3 Å². The maximum atomic E-state index is 12.6. The molecule has 2 aromatic heterocycles. The summed E-state index contributed by atoms with van der Waals surface area (Å²) in [5.41, 5.74) is 2.68. The first-order chi connectivity index (χ1) is 13.7. The van der Waals surface area contributed by atoms with Crippen LogP contribution in [-0.2, 0) is 6.54 Å². The molecule has 1 saturated carbocycles. The lowest BCUT2D eigenvalue weighted by Crippen LogP contribution is -2.39. The third-order valence-corrected chi connectivity index (χ3v) is 5.82. The van der Waals surface area contributed by atoms with Gasteiger partial charge in [-0.3, -0.25) is 14.7 Å². The van der Waals surface area contributed by atoms with Crippen molar-refractivity contribution in [3.8, 4) is 0 Å². The van der Waals surface area contributed by atoms with Crippen LogP contribution in [0.5, 0.6) is 0 Å². The van der Waals surface area contributed by atoms with E-state index >= 15 is 0 Å². The van der Waals surface area contributed by atoms with Gasteiger partial charge in [0.25, 0.3) is 5.91 Å². The largest absolute Gasteiger partial charge is 0.360 e. The molecule has 144 valence electrons. The minimum absolute atomic E-state index is 0.121. The lowest BCUT2D eigenvalue weighted by atomic mass is 10.1. The van der Waals surface area contributed by atoms with E-state index in [2.05, 4.69) is 51.5 Å². The minimum Gasteiger partial charge on any atom is -0.360 e. The summed E-state index contributed by atoms with van der Waals surface area (Å²) in [7, 11) is 0. The summed E-state index contributed by atoms with van der Waals surface area (Å²) in [5.74, 6) is 1.57. The molecule has 1 aliphatic carbocycles. The van der Waals surface area contributed by atoms with Crippen molar-refractivity contribution in [1.82, 2.24) is 20.4 Å². The number of amides is 1. The highest BCUT2D eigenvalue weighted by Gasteiger charge is 2.33. The number of likely N-dealkylation sites (tertiary alicyclic amines) is 1. The Bertz CT molecular complexity index is 1010. The highest BCUT2D eigenvalue weighted by atomic mass is 16.5. The summed E-state index contributed by atoms with van der Waals surface area (Å²) < 4.78 is 5.31. The normalized spacial score (nSPS) is 22.6. The Morgan fingerprint density at radius 3 is 3.00 bits per heavy atom. The van der Waals surface area contributed by atoms with Gasteiger partial charge in [0.1, 0.15) is 5.76 Å². The van der Waals surface area contributed by atoms with Gasteiger partial charge in [0.2, 0.25) is 0 Å². The zero-order valence-electron chi connectivity index (χ0n) is 16.0. The Labute approximate surface area is 163 Å². The van der Waals surface area contributed by atoms with Gasteiger partial charge in [-0.2, -0.15) is 0 Å². The van der Waals surface area contributed by atoms with E-state index < -0.39 is 0 Å². The highest BCUT2D eigenvalue weighted by molar-refractivity contribution is 5.92. The highest BCUT2D eigenvalue weighted by Crippen LogP contribution is 2.40. The SMILES string of the molecule is C[C@@H]1CN(Cc2ccc3ncccc3c2)C[C@H]1NC(=O)c1cc(C2CC2)on1. The van der Waals surface area contributed by atoms with Gasteiger partial charge in [-0.05, 0) is 42.5 Å². The van der Waals surface area contributed by atoms with Gasteiger partial charge in [0.05, 0.1) is 5.52 Å². The standard InChI is InChI=1S/C22H24N4O2/c1-14-11-26(12-15-4-7-18-17(9-15)3-2-8-23-18)13-20(14)24-22(27)19-10-21(28-25-19)16-5-6-16/h2-4,7-10,14,16,20H,5-6,11-13H2,1H3,(H,24,27)/t14-,20-/m1/s1. The summed E-state index contributed by atoms with van der Waals surface area (Å²) in [5, 5.41) is 8.27. The van der Waals surface area contributed by atoms with Crippen molar-refractivity contribution in [1.29, 1.82) is 0 Å². The average molecular weight is 376 g/mol. The number of carbonyl (C=O) groups is 1. The number of fused-ring (bicyclic) bond motifs is 1. The molecule has 1 aliphatic heterocycles. The van der Waals surface area contributed by atoms with Crippen molar-refractivity contribution in [2.24, 2.45) is 5.92 Å². The van der Waals surface area contributed by atoms with E-state index in [-0.39, 0.29) is 11.9 Å². The molecular weight excluding hydrogens is 352 g/mol. The molecule has 2 aliphatic rings. The Morgan fingerprint density at radius 2 is 2.14 bits per heavy atom. The number of aromatic nitrogens is 2. The third-order valence-electron chi connectivity index (χ3n) is 5.82. The third kappa shape index (κ3) is 3.52. The fraction of sp³-hybridized carbons (Fsp3) is 0.409. The van der Waals surface area contributed by atoms with E-state index in [1.165, 1.54) is 5.56 Å². The first kappa shape index (κ1) is 17.4. The molecule has 1 amide bonds.